The highest BCUT2D eigenvalue weighted by atomic mass is 32.2. The maximum absolute atomic E-state index is 13.8. The van der Waals surface area contributed by atoms with Crippen molar-refractivity contribution in [3.8, 4) is 0 Å². The SMILES string of the molecule is COC(=O)C(C)C(OC(C)F)C(C)[C@@H](C)[C@@H](C)C[C@@H](C)N(CCCCN)S(=O)(=O)c1ccccc1. The smallest absolute Gasteiger partial charge is 0.311 e. The molecule has 35 heavy (non-hydrogen) atoms. The molecule has 0 radical (unpaired) electrons. The molecule has 0 aliphatic carbocycles. The first kappa shape index (κ1) is 31.5. The highest BCUT2D eigenvalue weighted by molar-refractivity contribution is 7.89. The van der Waals surface area contributed by atoms with Crippen LogP contribution in [0.3, 0.4) is 0 Å². The number of rotatable bonds is 16. The van der Waals surface area contributed by atoms with Crippen LogP contribution in [0.25, 0.3) is 0 Å². The fraction of sp³-hybridized carbons (Fsp3) is 0.731. The average Bonchev–Trinajstić information content (AvgIpc) is 2.83. The first-order chi connectivity index (χ1) is 16.4. The number of alkyl halides is 1. The van der Waals surface area contributed by atoms with Crippen LogP contribution < -0.4 is 5.73 Å². The summed E-state index contributed by atoms with van der Waals surface area (Å²) in [6, 6.07) is 8.19. The van der Waals surface area contributed by atoms with Crippen molar-refractivity contribution in [2.24, 2.45) is 29.4 Å². The molecule has 0 aliphatic rings. The molecule has 1 rings (SSSR count). The number of esters is 1. The predicted molar refractivity (Wildman–Crippen MR) is 137 cm³/mol. The second kappa shape index (κ2) is 14.9. The molecule has 0 spiro atoms. The highest BCUT2D eigenvalue weighted by Gasteiger charge is 2.37. The molecule has 202 valence electrons. The summed E-state index contributed by atoms with van der Waals surface area (Å²) in [5.74, 6) is -1.14. The van der Waals surface area contributed by atoms with E-state index in [0.29, 0.717) is 25.9 Å². The summed E-state index contributed by atoms with van der Waals surface area (Å²) in [5, 5.41) is 0. The van der Waals surface area contributed by atoms with Crippen LogP contribution in [0, 0.1) is 23.7 Å². The van der Waals surface area contributed by atoms with Crippen molar-refractivity contribution in [2.45, 2.75) is 84.2 Å². The Bertz CT molecular complexity index is 853. The third kappa shape index (κ3) is 9.12. The van der Waals surface area contributed by atoms with Gasteiger partial charge >= 0.3 is 5.97 Å². The van der Waals surface area contributed by atoms with Crippen LogP contribution in [-0.4, -0.2) is 57.4 Å². The molecule has 0 aliphatic heterocycles. The van der Waals surface area contributed by atoms with Crippen LogP contribution in [0.5, 0.6) is 0 Å². The number of halogens is 1. The lowest BCUT2D eigenvalue weighted by Gasteiger charge is -2.37. The van der Waals surface area contributed by atoms with Crippen molar-refractivity contribution in [3.05, 3.63) is 30.3 Å². The van der Waals surface area contributed by atoms with Gasteiger partial charge in [0.15, 0.2) is 6.36 Å². The van der Waals surface area contributed by atoms with E-state index in [1.165, 1.54) is 14.0 Å². The predicted octanol–water partition coefficient (Wildman–Crippen LogP) is 4.61. The Labute approximate surface area is 211 Å². The molecule has 7 nitrogen and oxygen atoms in total. The van der Waals surface area contributed by atoms with Gasteiger partial charge in [0.2, 0.25) is 10.0 Å². The Kier molecular flexibility index (Phi) is 13.4. The van der Waals surface area contributed by atoms with Crippen LogP contribution in [0.1, 0.15) is 60.8 Å². The molecule has 0 amide bonds. The third-order valence-electron chi connectivity index (χ3n) is 7.04. The molecular formula is C26H45FN2O5S. The summed E-state index contributed by atoms with van der Waals surface area (Å²) in [5.41, 5.74) is 5.64. The van der Waals surface area contributed by atoms with E-state index in [1.54, 1.807) is 41.6 Å². The van der Waals surface area contributed by atoms with Gasteiger partial charge in [0.05, 0.1) is 24.0 Å². The van der Waals surface area contributed by atoms with E-state index in [9.17, 15) is 17.6 Å². The van der Waals surface area contributed by atoms with Gasteiger partial charge in [-0.25, -0.2) is 12.8 Å². The number of nitrogens with two attached hydrogens (primary N) is 1. The molecule has 1 aromatic carbocycles. The van der Waals surface area contributed by atoms with Gasteiger partial charge in [-0.3, -0.25) is 4.79 Å². The zero-order valence-electron chi connectivity index (χ0n) is 22.3. The molecule has 1 aromatic rings. The lowest BCUT2D eigenvalue weighted by molar-refractivity contribution is -0.164. The molecule has 9 heteroatoms. The van der Waals surface area contributed by atoms with E-state index in [1.807, 2.05) is 20.8 Å². The summed E-state index contributed by atoms with van der Waals surface area (Å²) in [4.78, 5) is 12.4. The molecule has 0 saturated heterocycles. The van der Waals surface area contributed by atoms with Gasteiger partial charge in [0.25, 0.3) is 0 Å². The fourth-order valence-corrected chi connectivity index (χ4v) is 6.34. The molecule has 2 N–H and O–H groups in total. The fourth-order valence-electron chi connectivity index (χ4n) is 4.64. The molecule has 0 saturated carbocycles. The van der Waals surface area contributed by atoms with Crippen molar-refractivity contribution >= 4 is 16.0 Å². The van der Waals surface area contributed by atoms with Crippen LogP contribution in [-0.2, 0) is 24.3 Å². The van der Waals surface area contributed by atoms with E-state index in [4.69, 9.17) is 15.2 Å². The van der Waals surface area contributed by atoms with Crippen LogP contribution in [0.4, 0.5) is 4.39 Å². The monoisotopic (exact) mass is 516 g/mol. The van der Waals surface area contributed by atoms with Crippen molar-refractivity contribution < 1.29 is 27.1 Å². The lowest BCUT2D eigenvalue weighted by atomic mass is 9.76. The van der Waals surface area contributed by atoms with Crippen molar-refractivity contribution in [1.29, 1.82) is 0 Å². The van der Waals surface area contributed by atoms with Crippen molar-refractivity contribution in [1.82, 2.24) is 4.31 Å². The number of sulfonamides is 1. The Morgan fingerprint density at radius 3 is 2.14 bits per heavy atom. The normalized spacial score (nSPS) is 18.3. The van der Waals surface area contributed by atoms with Gasteiger partial charge in [-0.1, -0.05) is 39.0 Å². The Hall–Kier alpha value is -1.55. The van der Waals surface area contributed by atoms with E-state index in [-0.39, 0.29) is 28.7 Å². The number of hydrogen-bond donors (Lipinski definition) is 1. The number of carbonyl (C=O) groups is 1. The largest absolute Gasteiger partial charge is 0.469 e. The number of unbranched alkanes of at least 4 members (excludes halogenated alkanes) is 1. The minimum atomic E-state index is -3.68. The zero-order valence-corrected chi connectivity index (χ0v) is 23.1. The molecule has 0 bridgehead atoms. The minimum Gasteiger partial charge on any atom is -0.469 e. The zero-order chi connectivity index (χ0) is 26.8. The van der Waals surface area contributed by atoms with E-state index in [2.05, 4.69) is 6.92 Å². The van der Waals surface area contributed by atoms with Gasteiger partial charge in [0, 0.05) is 12.6 Å². The number of nitrogens with zero attached hydrogens (tertiary/aromatic N) is 1. The van der Waals surface area contributed by atoms with Crippen molar-refractivity contribution in [2.75, 3.05) is 20.2 Å². The van der Waals surface area contributed by atoms with E-state index < -0.39 is 34.4 Å². The van der Waals surface area contributed by atoms with E-state index >= 15 is 0 Å². The topological polar surface area (TPSA) is 98.9 Å². The number of methoxy groups -OCH3 is 1. The van der Waals surface area contributed by atoms with Gasteiger partial charge in [-0.2, -0.15) is 4.31 Å². The second-order valence-corrected chi connectivity index (χ2v) is 11.6. The quantitative estimate of drug-likeness (QED) is 0.254. The average molecular weight is 517 g/mol. The van der Waals surface area contributed by atoms with Crippen LogP contribution in [0.15, 0.2) is 35.2 Å². The van der Waals surface area contributed by atoms with Gasteiger partial charge in [-0.15, -0.1) is 0 Å². The number of hydrogen-bond acceptors (Lipinski definition) is 6. The molecule has 4 unspecified atom stereocenters. The Morgan fingerprint density at radius 2 is 1.63 bits per heavy atom. The third-order valence-corrected chi connectivity index (χ3v) is 9.07. The minimum absolute atomic E-state index is 0.0265. The summed E-state index contributed by atoms with van der Waals surface area (Å²) in [6.45, 7) is 11.8. The Balaban J connectivity index is 3.08. The van der Waals surface area contributed by atoms with E-state index in [0.717, 1.165) is 6.42 Å². The second-order valence-electron chi connectivity index (χ2n) is 9.66. The maximum atomic E-state index is 13.8. The number of ether oxygens (including phenoxy) is 2. The van der Waals surface area contributed by atoms with Crippen LogP contribution in [0.2, 0.25) is 0 Å². The number of benzene rings is 1. The highest BCUT2D eigenvalue weighted by Crippen LogP contribution is 2.33. The molecule has 7 atom stereocenters. The van der Waals surface area contributed by atoms with Gasteiger partial charge in [-0.05, 0) is 76.5 Å². The van der Waals surface area contributed by atoms with Gasteiger partial charge in [0.1, 0.15) is 0 Å². The standard InChI is InChI=1S/C26H45FN2O5S/c1-18(20(3)21(4)25(34-23(6)27)22(5)26(30)33-7)17-19(2)29(16-12-11-15-28)35(31,32)24-13-9-8-10-14-24/h8-10,13-14,18-23,25H,11-12,15-17,28H2,1-7H3/t18-,19+,20-,21?,22?,23?,25?/m0/s1. The first-order valence-corrected chi connectivity index (χ1v) is 14.0. The summed E-state index contributed by atoms with van der Waals surface area (Å²) in [6.07, 6.45) is -0.171. The molecule has 0 heterocycles. The summed E-state index contributed by atoms with van der Waals surface area (Å²) in [7, 11) is -2.37. The first-order valence-electron chi connectivity index (χ1n) is 12.5. The van der Waals surface area contributed by atoms with Crippen LogP contribution >= 0.6 is 0 Å². The lowest BCUT2D eigenvalue weighted by Crippen LogP contribution is -2.43. The summed E-state index contributed by atoms with van der Waals surface area (Å²) >= 11 is 0. The summed E-state index contributed by atoms with van der Waals surface area (Å²) < 4.78 is 52.7. The molecular weight excluding hydrogens is 471 g/mol. The Morgan fingerprint density at radius 1 is 1.03 bits per heavy atom. The number of carbonyl (C=O) groups excluding carboxylic acids is 1. The molecule has 0 aromatic heterocycles. The van der Waals surface area contributed by atoms with Gasteiger partial charge < -0.3 is 15.2 Å². The molecule has 0 fully saturated rings. The van der Waals surface area contributed by atoms with Crippen molar-refractivity contribution in [3.63, 3.8) is 0 Å². The maximum Gasteiger partial charge on any atom is 0.311 e.